The fourth-order valence-corrected chi connectivity index (χ4v) is 4.06. The summed E-state index contributed by atoms with van der Waals surface area (Å²) in [5, 5.41) is 0. The van der Waals surface area contributed by atoms with Gasteiger partial charge in [-0.3, -0.25) is 9.52 Å². The number of carbonyl (C=O) groups is 1. The standard InChI is InChI=1S/C19H23N3O3S.ClH/c1-13-3-6-16(7-4-13)21-26(24,25)17-8-5-14(2)18(11-17)19(23)22-10-9-15(20)12-22;/h3-8,11,15,21H,9-10,12,20H2,1-2H3;1H/t15-;/m1./s1. The SMILES string of the molecule is Cc1ccc(NS(=O)(=O)c2ccc(C)c(C(=O)N3CC[C@@H](N)C3)c2)cc1.Cl. The van der Waals surface area contributed by atoms with Crippen LogP contribution in [0.2, 0.25) is 0 Å². The molecule has 3 rings (SSSR count). The van der Waals surface area contributed by atoms with Crippen molar-refractivity contribution in [3.05, 3.63) is 59.2 Å². The summed E-state index contributed by atoms with van der Waals surface area (Å²) in [6.45, 7) is 4.82. The molecule has 0 saturated carbocycles. The third kappa shape index (κ3) is 4.80. The van der Waals surface area contributed by atoms with Gasteiger partial charge in [-0.2, -0.15) is 0 Å². The number of nitrogens with two attached hydrogens (primary N) is 1. The van der Waals surface area contributed by atoms with Crippen molar-refractivity contribution in [2.75, 3.05) is 17.8 Å². The van der Waals surface area contributed by atoms with Crippen molar-refractivity contribution >= 4 is 34.0 Å². The molecule has 1 aliphatic heterocycles. The molecule has 1 aliphatic rings. The lowest BCUT2D eigenvalue weighted by molar-refractivity contribution is 0.0790. The molecule has 2 aromatic carbocycles. The molecular formula is C19H24ClN3O3S. The average molecular weight is 410 g/mol. The van der Waals surface area contributed by atoms with E-state index in [1.54, 1.807) is 30.0 Å². The second-order valence-corrected chi connectivity index (χ2v) is 8.43. The van der Waals surface area contributed by atoms with Crippen LogP contribution in [-0.2, 0) is 10.0 Å². The average Bonchev–Trinajstić information content (AvgIpc) is 3.03. The van der Waals surface area contributed by atoms with Crippen LogP contribution in [0.1, 0.15) is 27.9 Å². The molecule has 1 fully saturated rings. The monoisotopic (exact) mass is 409 g/mol. The molecule has 0 radical (unpaired) electrons. The summed E-state index contributed by atoms with van der Waals surface area (Å²) in [6, 6.07) is 11.7. The number of benzene rings is 2. The number of aryl methyl sites for hydroxylation is 2. The zero-order valence-corrected chi connectivity index (χ0v) is 16.9. The summed E-state index contributed by atoms with van der Waals surface area (Å²) in [4.78, 5) is 14.5. The molecule has 1 atom stereocenters. The zero-order valence-electron chi connectivity index (χ0n) is 15.3. The smallest absolute Gasteiger partial charge is 0.261 e. The Labute approximate surface area is 166 Å². The van der Waals surface area contributed by atoms with Crippen LogP contribution >= 0.6 is 12.4 Å². The topological polar surface area (TPSA) is 92.5 Å². The molecule has 6 nitrogen and oxygen atoms in total. The van der Waals surface area contributed by atoms with Crippen LogP contribution < -0.4 is 10.5 Å². The van der Waals surface area contributed by atoms with Crippen LogP contribution in [0.25, 0.3) is 0 Å². The Balaban J connectivity index is 0.00000261. The van der Waals surface area contributed by atoms with Gasteiger partial charge in [0, 0.05) is 30.4 Å². The van der Waals surface area contributed by atoms with Gasteiger partial charge in [-0.05, 0) is 50.1 Å². The number of hydrogen-bond donors (Lipinski definition) is 2. The first kappa shape index (κ1) is 21.2. The van der Waals surface area contributed by atoms with Crippen molar-refractivity contribution in [3.63, 3.8) is 0 Å². The number of anilines is 1. The van der Waals surface area contributed by atoms with Crippen LogP contribution in [0.5, 0.6) is 0 Å². The number of amides is 1. The van der Waals surface area contributed by atoms with Gasteiger partial charge in [0.05, 0.1) is 4.90 Å². The van der Waals surface area contributed by atoms with E-state index in [-0.39, 0.29) is 29.3 Å². The quantitative estimate of drug-likeness (QED) is 0.811. The predicted molar refractivity (Wildman–Crippen MR) is 109 cm³/mol. The van der Waals surface area contributed by atoms with Crippen molar-refractivity contribution in [1.29, 1.82) is 0 Å². The first-order valence-corrected chi connectivity index (χ1v) is 9.99. The maximum atomic E-state index is 12.7. The van der Waals surface area contributed by atoms with E-state index in [0.29, 0.717) is 24.3 Å². The molecule has 0 spiro atoms. The third-order valence-corrected chi connectivity index (χ3v) is 5.94. The van der Waals surface area contributed by atoms with Crippen molar-refractivity contribution in [1.82, 2.24) is 4.90 Å². The van der Waals surface area contributed by atoms with E-state index in [9.17, 15) is 13.2 Å². The highest BCUT2D eigenvalue weighted by Crippen LogP contribution is 2.22. The number of sulfonamides is 1. The molecular weight excluding hydrogens is 386 g/mol. The fraction of sp³-hybridized carbons (Fsp3) is 0.316. The van der Waals surface area contributed by atoms with Gasteiger partial charge in [0.1, 0.15) is 0 Å². The third-order valence-electron chi connectivity index (χ3n) is 4.57. The van der Waals surface area contributed by atoms with Gasteiger partial charge in [-0.15, -0.1) is 12.4 Å². The van der Waals surface area contributed by atoms with E-state index < -0.39 is 10.0 Å². The first-order chi connectivity index (χ1) is 12.3. The lowest BCUT2D eigenvalue weighted by Gasteiger charge is -2.18. The van der Waals surface area contributed by atoms with E-state index >= 15 is 0 Å². The largest absolute Gasteiger partial charge is 0.337 e. The van der Waals surface area contributed by atoms with E-state index in [1.165, 1.54) is 12.1 Å². The summed E-state index contributed by atoms with van der Waals surface area (Å²) in [5.41, 5.74) is 8.53. The molecule has 0 aromatic heterocycles. The predicted octanol–water partition coefficient (Wildman–Crippen LogP) is 2.70. The van der Waals surface area contributed by atoms with E-state index in [4.69, 9.17) is 5.73 Å². The molecule has 0 unspecified atom stereocenters. The Kier molecular flexibility index (Phi) is 6.51. The van der Waals surface area contributed by atoms with Gasteiger partial charge < -0.3 is 10.6 Å². The van der Waals surface area contributed by atoms with Gasteiger partial charge in [-0.1, -0.05) is 23.8 Å². The van der Waals surface area contributed by atoms with Crippen LogP contribution in [0.15, 0.2) is 47.4 Å². The molecule has 3 N–H and O–H groups in total. The van der Waals surface area contributed by atoms with Crippen molar-refractivity contribution in [3.8, 4) is 0 Å². The highest BCUT2D eigenvalue weighted by Gasteiger charge is 2.26. The number of hydrogen-bond acceptors (Lipinski definition) is 4. The molecule has 2 aromatic rings. The van der Waals surface area contributed by atoms with Gasteiger partial charge in [0.25, 0.3) is 15.9 Å². The second kappa shape index (κ2) is 8.29. The fourth-order valence-electron chi connectivity index (χ4n) is 2.98. The van der Waals surface area contributed by atoms with E-state index in [2.05, 4.69) is 4.72 Å². The van der Waals surface area contributed by atoms with E-state index in [1.807, 2.05) is 19.1 Å². The van der Waals surface area contributed by atoms with Gasteiger partial charge in [0.15, 0.2) is 0 Å². The minimum absolute atomic E-state index is 0. The Hall–Kier alpha value is -2.09. The first-order valence-electron chi connectivity index (χ1n) is 8.51. The second-order valence-electron chi connectivity index (χ2n) is 6.75. The van der Waals surface area contributed by atoms with Crippen LogP contribution in [0.4, 0.5) is 5.69 Å². The number of halogens is 1. The lowest BCUT2D eigenvalue weighted by Crippen LogP contribution is -2.32. The molecule has 1 heterocycles. The number of rotatable bonds is 4. The molecule has 0 bridgehead atoms. The Morgan fingerprint density at radius 2 is 1.81 bits per heavy atom. The molecule has 146 valence electrons. The van der Waals surface area contributed by atoms with Crippen LogP contribution in [0.3, 0.4) is 0 Å². The molecule has 1 saturated heterocycles. The lowest BCUT2D eigenvalue weighted by atomic mass is 10.1. The van der Waals surface area contributed by atoms with Gasteiger partial charge >= 0.3 is 0 Å². The summed E-state index contributed by atoms with van der Waals surface area (Å²) in [6.07, 6.45) is 0.762. The minimum Gasteiger partial charge on any atom is -0.337 e. The number of carbonyl (C=O) groups excluding carboxylic acids is 1. The molecule has 27 heavy (non-hydrogen) atoms. The zero-order chi connectivity index (χ0) is 18.9. The molecule has 1 amide bonds. The molecule has 0 aliphatic carbocycles. The van der Waals surface area contributed by atoms with Crippen molar-refractivity contribution in [2.24, 2.45) is 5.73 Å². The Bertz CT molecular complexity index is 930. The van der Waals surface area contributed by atoms with Crippen molar-refractivity contribution < 1.29 is 13.2 Å². The van der Waals surface area contributed by atoms with E-state index in [0.717, 1.165) is 17.5 Å². The maximum absolute atomic E-state index is 12.7. The van der Waals surface area contributed by atoms with Gasteiger partial charge in [0.2, 0.25) is 0 Å². The molecule has 8 heteroatoms. The maximum Gasteiger partial charge on any atom is 0.261 e. The van der Waals surface area contributed by atoms with Crippen LogP contribution in [0, 0.1) is 13.8 Å². The normalized spacial score (nSPS) is 16.7. The van der Waals surface area contributed by atoms with Crippen LogP contribution in [-0.4, -0.2) is 38.4 Å². The Morgan fingerprint density at radius 1 is 1.15 bits per heavy atom. The van der Waals surface area contributed by atoms with Gasteiger partial charge in [-0.25, -0.2) is 8.42 Å². The summed E-state index contributed by atoms with van der Waals surface area (Å²) < 4.78 is 27.9. The number of nitrogens with zero attached hydrogens (tertiary/aromatic N) is 1. The highest BCUT2D eigenvalue weighted by atomic mass is 35.5. The number of nitrogens with one attached hydrogen (secondary N) is 1. The van der Waals surface area contributed by atoms with Crippen molar-refractivity contribution in [2.45, 2.75) is 31.2 Å². The summed E-state index contributed by atoms with van der Waals surface area (Å²) in [5.74, 6) is -0.178. The summed E-state index contributed by atoms with van der Waals surface area (Å²) >= 11 is 0. The Morgan fingerprint density at radius 3 is 2.41 bits per heavy atom. The summed E-state index contributed by atoms with van der Waals surface area (Å²) in [7, 11) is -3.78. The number of likely N-dealkylation sites (tertiary alicyclic amines) is 1. The minimum atomic E-state index is -3.78. The highest BCUT2D eigenvalue weighted by molar-refractivity contribution is 7.92.